The number of amides is 1. The van der Waals surface area contributed by atoms with Crippen molar-refractivity contribution >= 4 is 23.0 Å². The van der Waals surface area contributed by atoms with Crippen LogP contribution in [0.25, 0.3) is 16.8 Å². The van der Waals surface area contributed by atoms with E-state index >= 15 is 0 Å². The predicted octanol–water partition coefficient (Wildman–Crippen LogP) is 4.74. The molecule has 2 atom stereocenters. The summed E-state index contributed by atoms with van der Waals surface area (Å²) in [7, 11) is 0. The first-order valence-electron chi connectivity index (χ1n) is 12.4. The van der Waals surface area contributed by atoms with Gasteiger partial charge in [0, 0.05) is 48.2 Å². The van der Waals surface area contributed by atoms with Crippen LogP contribution in [0, 0.1) is 5.92 Å². The molecule has 2 unspecified atom stereocenters. The summed E-state index contributed by atoms with van der Waals surface area (Å²) in [4.78, 5) is 40.5. The molecule has 0 saturated carbocycles. The van der Waals surface area contributed by atoms with Gasteiger partial charge in [-0.2, -0.15) is 0 Å². The summed E-state index contributed by atoms with van der Waals surface area (Å²) in [5, 5.41) is 6.43. The average molecular weight is 483 g/mol. The molecule has 36 heavy (non-hydrogen) atoms. The van der Waals surface area contributed by atoms with Gasteiger partial charge in [0.1, 0.15) is 12.1 Å². The van der Waals surface area contributed by atoms with E-state index in [0.717, 1.165) is 41.7 Å². The summed E-state index contributed by atoms with van der Waals surface area (Å²) in [6, 6.07) is 9.40. The molecule has 4 aromatic rings. The summed E-state index contributed by atoms with van der Waals surface area (Å²) >= 11 is 0. The van der Waals surface area contributed by atoms with Gasteiger partial charge in [-0.1, -0.05) is 26.0 Å². The van der Waals surface area contributed by atoms with Crippen LogP contribution in [0.2, 0.25) is 0 Å². The van der Waals surface area contributed by atoms with Crippen LogP contribution in [0.5, 0.6) is 0 Å². The molecule has 1 aliphatic rings. The van der Waals surface area contributed by atoms with E-state index in [9.17, 15) is 9.59 Å². The summed E-state index contributed by atoms with van der Waals surface area (Å²) in [6.07, 6.45) is 10.6. The van der Waals surface area contributed by atoms with Crippen LogP contribution in [0.15, 0.2) is 61.4 Å². The van der Waals surface area contributed by atoms with E-state index in [0.29, 0.717) is 23.0 Å². The first-order chi connectivity index (χ1) is 17.4. The molecule has 8 nitrogen and oxygen atoms in total. The molecule has 3 aromatic heterocycles. The number of carbonyl (C=O) groups excluding carboxylic acids is 2. The number of fused-ring (bicyclic) bond motifs is 1. The van der Waals surface area contributed by atoms with Crippen LogP contribution in [0.4, 0.5) is 5.82 Å². The largest absolute Gasteiger partial charge is 0.314 e. The first-order valence-corrected chi connectivity index (χ1v) is 12.4. The van der Waals surface area contributed by atoms with E-state index in [4.69, 9.17) is 4.98 Å². The molecule has 2 N–H and O–H groups in total. The maximum Gasteiger partial charge on any atom is 0.257 e. The van der Waals surface area contributed by atoms with Gasteiger partial charge in [-0.3, -0.25) is 14.6 Å². The lowest BCUT2D eigenvalue weighted by Gasteiger charge is -2.31. The molecular weight excluding hydrogens is 452 g/mol. The molecule has 0 radical (unpaired) electrons. The predicted molar refractivity (Wildman–Crippen MR) is 139 cm³/mol. The Kier molecular flexibility index (Phi) is 6.61. The zero-order valence-electron chi connectivity index (χ0n) is 20.7. The number of carbonyl (C=O) groups is 2. The van der Waals surface area contributed by atoms with Crippen molar-refractivity contribution in [3.8, 4) is 11.3 Å². The molecule has 0 aliphatic carbocycles. The van der Waals surface area contributed by atoms with Gasteiger partial charge in [-0.05, 0) is 49.4 Å². The topological polar surface area (TPSA) is 101 Å². The van der Waals surface area contributed by atoms with E-state index in [1.54, 1.807) is 43.1 Å². The molecule has 184 valence electrons. The minimum Gasteiger partial charge on any atom is -0.314 e. The van der Waals surface area contributed by atoms with Crippen molar-refractivity contribution in [2.24, 2.45) is 5.92 Å². The molecule has 4 heterocycles. The van der Waals surface area contributed by atoms with Crippen molar-refractivity contribution < 1.29 is 9.59 Å². The standard InChI is InChI=1S/C28H30N6O2/c1-17(2)27(35)25-21(28(36)33-23-6-4-5-11-30-23)10-9-20(24(25)19-8-7-18(3)31-14-19)26-22-15-29-12-13-34(22)16-32-26/h4-6,9-13,15-19,31H,7-8,14H2,1-3H3,(H,30,33,36). The molecule has 1 aliphatic heterocycles. The lowest BCUT2D eigenvalue weighted by molar-refractivity contribution is 0.0926. The van der Waals surface area contributed by atoms with E-state index in [2.05, 4.69) is 27.5 Å². The number of nitrogens with one attached hydrogen (secondary N) is 2. The number of piperidine rings is 1. The summed E-state index contributed by atoms with van der Waals surface area (Å²) < 4.78 is 1.92. The Morgan fingerprint density at radius 2 is 1.97 bits per heavy atom. The van der Waals surface area contributed by atoms with Crippen molar-refractivity contribution in [1.82, 2.24) is 24.7 Å². The molecule has 1 aromatic carbocycles. The van der Waals surface area contributed by atoms with Crippen LogP contribution >= 0.6 is 0 Å². The number of aromatic nitrogens is 4. The van der Waals surface area contributed by atoms with E-state index in [1.807, 2.05) is 36.6 Å². The first kappa shape index (κ1) is 23.8. The Bertz CT molecular complexity index is 1400. The zero-order chi connectivity index (χ0) is 25.2. The number of nitrogens with zero attached hydrogens (tertiary/aromatic N) is 4. The van der Waals surface area contributed by atoms with Gasteiger partial charge in [-0.25, -0.2) is 9.97 Å². The Morgan fingerprint density at radius 3 is 2.69 bits per heavy atom. The number of ketones is 1. The number of rotatable bonds is 6. The number of benzene rings is 1. The number of pyridine rings is 1. The minimum absolute atomic E-state index is 0.0571. The molecule has 0 bridgehead atoms. The SMILES string of the molecule is CC1CCC(c2c(-c3ncn4ccncc34)ccc(C(=O)Nc3ccccn3)c2C(=O)C(C)C)CN1. The number of imidazole rings is 1. The second kappa shape index (κ2) is 9.99. The van der Waals surface area contributed by atoms with E-state index in [1.165, 1.54) is 0 Å². The molecule has 1 saturated heterocycles. The Balaban J connectivity index is 1.72. The third kappa shape index (κ3) is 4.52. The lowest BCUT2D eigenvalue weighted by Crippen LogP contribution is -2.37. The Morgan fingerprint density at radius 1 is 1.11 bits per heavy atom. The maximum absolute atomic E-state index is 13.8. The highest BCUT2D eigenvalue weighted by Gasteiger charge is 2.32. The highest BCUT2D eigenvalue weighted by atomic mass is 16.2. The molecule has 1 fully saturated rings. The average Bonchev–Trinajstić information content (AvgIpc) is 3.32. The minimum atomic E-state index is -0.348. The van der Waals surface area contributed by atoms with Crippen molar-refractivity contribution in [2.75, 3.05) is 11.9 Å². The Labute approximate surface area is 210 Å². The fourth-order valence-corrected chi connectivity index (χ4v) is 4.91. The molecule has 0 spiro atoms. The maximum atomic E-state index is 13.8. The van der Waals surface area contributed by atoms with E-state index < -0.39 is 0 Å². The summed E-state index contributed by atoms with van der Waals surface area (Å²) in [5.74, 6) is -0.186. The fraction of sp³-hybridized carbons (Fsp3) is 0.321. The van der Waals surface area contributed by atoms with E-state index in [-0.39, 0.29) is 23.5 Å². The zero-order valence-corrected chi connectivity index (χ0v) is 20.7. The quantitative estimate of drug-likeness (QED) is 0.385. The van der Waals surface area contributed by atoms with Crippen LogP contribution in [-0.4, -0.2) is 43.6 Å². The van der Waals surface area contributed by atoms with Gasteiger partial charge in [0.15, 0.2) is 5.78 Å². The molecule has 5 rings (SSSR count). The highest BCUT2D eigenvalue weighted by molar-refractivity contribution is 6.14. The second-order valence-electron chi connectivity index (χ2n) is 9.68. The second-order valence-corrected chi connectivity index (χ2v) is 9.68. The van der Waals surface area contributed by atoms with Gasteiger partial charge in [-0.15, -0.1) is 0 Å². The van der Waals surface area contributed by atoms with Gasteiger partial charge >= 0.3 is 0 Å². The third-order valence-electron chi connectivity index (χ3n) is 6.83. The van der Waals surface area contributed by atoms with Crippen LogP contribution in [0.1, 0.15) is 65.8 Å². The summed E-state index contributed by atoms with van der Waals surface area (Å²) in [6.45, 7) is 6.64. The van der Waals surface area contributed by atoms with Crippen LogP contribution in [-0.2, 0) is 0 Å². The van der Waals surface area contributed by atoms with Gasteiger partial charge in [0.2, 0.25) is 0 Å². The van der Waals surface area contributed by atoms with Crippen molar-refractivity contribution in [2.45, 2.75) is 45.6 Å². The number of hydrogen-bond donors (Lipinski definition) is 2. The monoisotopic (exact) mass is 482 g/mol. The highest BCUT2D eigenvalue weighted by Crippen LogP contribution is 2.39. The number of anilines is 1. The molecular formula is C28H30N6O2. The number of hydrogen-bond acceptors (Lipinski definition) is 6. The molecule has 8 heteroatoms. The van der Waals surface area contributed by atoms with Crippen molar-refractivity contribution in [3.05, 3.63) is 78.1 Å². The number of Topliss-reactive ketones (excluding diaryl/α,β-unsaturated/α-hetero) is 1. The summed E-state index contributed by atoms with van der Waals surface area (Å²) in [5.41, 5.74) is 4.19. The molecule has 1 amide bonds. The van der Waals surface area contributed by atoms with Gasteiger partial charge in [0.05, 0.1) is 23.0 Å². The van der Waals surface area contributed by atoms with Gasteiger partial charge in [0.25, 0.3) is 5.91 Å². The third-order valence-corrected chi connectivity index (χ3v) is 6.83. The smallest absolute Gasteiger partial charge is 0.257 e. The van der Waals surface area contributed by atoms with Crippen LogP contribution in [0.3, 0.4) is 0 Å². The van der Waals surface area contributed by atoms with Crippen molar-refractivity contribution in [1.29, 1.82) is 0 Å². The van der Waals surface area contributed by atoms with Gasteiger partial charge < -0.3 is 15.0 Å². The fourth-order valence-electron chi connectivity index (χ4n) is 4.91. The van der Waals surface area contributed by atoms with Crippen molar-refractivity contribution in [3.63, 3.8) is 0 Å². The van der Waals surface area contributed by atoms with Crippen LogP contribution < -0.4 is 10.6 Å². The normalized spacial score (nSPS) is 17.9. The lowest BCUT2D eigenvalue weighted by atomic mass is 9.78. The Hall–Kier alpha value is -3.91.